The van der Waals surface area contributed by atoms with Crippen molar-refractivity contribution in [2.75, 3.05) is 19.6 Å². The Balaban J connectivity index is 1.90. The lowest BCUT2D eigenvalue weighted by atomic mass is 10.1. The molecule has 0 spiro atoms. The number of rotatable bonds is 3. The number of hydrogen-bond donors (Lipinski definition) is 1. The molecular formula is C15H24N2. The predicted molar refractivity (Wildman–Crippen MR) is 73.2 cm³/mol. The van der Waals surface area contributed by atoms with E-state index >= 15 is 0 Å². The van der Waals surface area contributed by atoms with Crippen molar-refractivity contribution in [1.82, 2.24) is 10.2 Å². The van der Waals surface area contributed by atoms with Gasteiger partial charge in [0.2, 0.25) is 0 Å². The van der Waals surface area contributed by atoms with Crippen LogP contribution < -0.4 is 5.32 Å². The summed E-state index contributed by atoms with van der Waals surface area (Å²) in [4.78, 5) is 2.55. The summed E-state index contributed by atoms with van der Waals surface area (Å²) < 4.78 is 0. The van der Waals surface area contributed by atoms with Gasteiger partial charge in [-0.05, 0) is 30.9 Å². The minimum atomic E-state index is 0.669. The van der Waals surface area contributed by atoms with E-state index in [1.165, 1.54) is 30.6 Å². The standard InChI is InChI=1S/C15H24N2/c1-3-14-4-6-15(7-5-14)12-17-10-8-13(2)16-9-11-17/h4-7,13,16H,3,8-12H2,1-2H3. The molecular weight excluding hydrogens is 208 g/mol. The Morgan fingerprint density at radius 1 is 1.18 bits per heavy atom. The molecule has 1 fully saturated rings. The van der Waals surface area contributed by atoms with Crippen molar-refractivity contribution in [2.24, 2.45) is 0 Å². The van der Waals surface area contributed by atoms with Gasteiger partial charge < -0.3 is 5.32 Å². The lowest BCUT2D eigenvalue weighted by molar-refractivity contribution is 0.282. The van der Waals surface area contributed by atoms with Crippen molar-refractivity contribution < 1.29 is 0 Å². The summed E-state index contributed by atoms with van der Waals surface area (Å²) in [5.74, 6) is 0. The molecule has 1 N–H and O–H groups in total. The van der Waals surface area contributed by atoms with Crippen LogP contribution in [0.25, 0.3) is 0 Å². The highest BCUT2D eigenvalue weighted by Crippen LogP contribution is 2.10. The molecule has 0 aromatic heterocycles. The van der Waals surface area contributed by atoms with Gasteiger partial charge in [0.05, 0.1) is 0 Å². The van der Waals surface area contributed by atoms with Gasteiger partial charge in [-0.3, -0.25) is 4.90 Å². The first-order chi connectivity index (χ1) is 8.28. The van der Waals surface area contributed by atoms with E-state index in [-0.39, 0.29) is 0 Å². The molecule has 1 atom stereocenters. The molecule has 1 aromatic rings. The Kier molecular flexibility index (Phi) is 4.57. The van der Waals surface area contributed by atoms with Crippen molar-refractivity contribution >= 4 is 0 Å². The van der Waals surface area contributed by atoms with Crippen molar-refractivity contribution in [3.8, 4) is 0 Å². The van der Waals surface area contributed by atoms with E-state index < -0.39 is 0 Å². The maximum Gasteiger partial charge on any atom is 0.0234 e. The molecule has 2 rings (SSSR count). The van der Waals surface area contributed by atoms with Gasteiger partial charge in [0.1, 0.15) is 0 Å². The topological polar surface area (TPSA) is 15.3 Å². The van der Waals surface area contributed by atoms with Crippen LogP contribution in [0.5, 0.6) is 0 Å². The van der Waals surface area contributed by atoms with E-state index in [0.717, 1.165) is 19.5 Å². The van der Waals surface area contributed by atoms with Gasteiger partial charge in [0.25, 0.3) is 0 Å². The molecule has 0 bridgehead atoms. The van der Waals surface area contributed by atoms with Crippen LogP contribution in [0.2, 0.25) is 0 Å². The molecule has 2 nitrogen and oxygen atoms in total. The molecule has 0 radical (unpaired) electrons. The van der Waals surface area contributed by atoms with Gasteiger partial charge in [0.15, 0.2) is 0 Å². The van der Waals surface area contributed by atoms with Gasteiger partial charge in [0, 0.05) is 32.2 Å². The average molecular weight is 232 g/mol. The third-order valence-electron chi connectivity index (χ3n) is 3.64. The third kappa shape index (κ3) is 3.83. The summed E-state index contributed by atoms with van der Waals surface area (Å²) in [6.45, 7) is 9.08. The number of hydrogen-bond acceptors (Lipinski definition) is 2. The maximum atomic E-state index is 3.54. The monoisotopic (exact) mass is 232 g/mol. The molecule has 0 aliphatic carbocycles. The largest absolute Gasteiger partial charge is 0.313 e. The summed E-state index contributed by atoms with van der Waals surface area (Å²) in [5, 5.41) is 3.54. The minimum Gasteiger partial charge on any atom is -0.313 e. The molecule has 1 heterocycles. The highest BCUT2D eigenvalue weighted by Gasteiger charge is 2.12. The van der Waals surface area contributed by atoms with E-state index in [0.29, 0.717) is 6.04 Å². The van der Waals surface area contributed by atoms with Crippen LogP contribution in [0.4, 0.5) is 0 Å². The Hall–Kier alpha value is -0.860. The summed E-state index contributed by atoms with van der Waals surface area (Å²) in [6.07, 6.45) is 2.39. The van der Waals surface area contributed by atoms with Crippen LogP contribution in [0.1, 0.15) is 31.4 Å². The minimum absolute atomic E-state index is 0.669. The van der Waals surface area contributed by atoms with E-state index in [1.54, 1.807) is 0 Å². The zero-order valence-electron chi connectivity index (χ0n) is 11.1. The molecule has 1 aromatic carbocycles. The first-order valence-electron chi connectivity index (χ1n) is 6.81. The van der Waals surface area contributed by atoms with Crippen LogP contribution in [-0.4, -0.2) is 30.6 Å². The Labute approximate surface area is 105 Å². The fourth-order valence-corrected chi connectivity index (χ4v) is 2.36. The Morgan fingerprint density at radius 2 is 1.88 bits per heavy atom. The van der Waals surface area contributed by atoms with Gasteiger partial charge in [-0.1, -0.05) is 31.2 Å². The Morgan fingerprint density at radius 3 is 2.59 bits per heavy atom. The van der Waals surface area contributed by atoms with Crippen molar-refractivity contribution in [3.63, 3.8) is 0 Å². The van der Waals surface area contributed by atoms with Crippen LogP contribution in [0.3, 0.4) is 0 Å². The lowest BCUT2D eigenvalue weighted by Crippen LogP contribution is -2.28. The molecule has 1 unspecified atom stereocenters. The second kappa shape index (κ2) is 6.18. The quantitative estimate of drug-likeness (QED) is 0.861. The molecule has 0 saturated carbocycles. The highest BCUT2D eigenvalue weighted by atomic mass is 15.2. The van der Waals surface area contributed by atoms with E-state index in [4.69, 9.17) is 0 Å². The van der Waals surface area contributed by atoms with Crippen molar-refractivity contribution in [1.29, 1.82) is 0 Å². The first-order valence-corrected chi connectivity index (χ1v) is 6.81. The van der Waals surface area contributed by atoms with E-state index in [2.05, 4.69) is 48.3 Å². The van der Waals surface area contributed by atoms with E-state index in [1.807, 2.05) is 0 Å². The predicted octanol–water partition coefficient (Wildman–Crippen LogP) is 2.43. The second-order valence-corrected chi connectivity index (χ2v) is 5.09. The van der Waals surface area contributed by atoms with Gasteiger partial charge in [-0.25, -0.2) is 0 Å². The zero-order valence-corrected chi connectivity index (χ0v) is 11.1. The summed E-state index contributed by atoms with van der Waals surface area (Å²) in [7, 11) is 0. The van der Waals surface area contributed by atoms with Crippen molar-refractivity contribution in [3.05, 3.63) is 35.4 Å². The molecule has 2 heteroatoms. The summed E-state index contributed by atoms with van der Waals surface area (Å²) in [5.41, 5.74) is 2.87. The van der Waals surface area contributed by atoms with Crippen molar-refractivity contribution in [2.45, 2.75) is 39.3 Å². The molecule has 17 heavy (non-hydrogen) atoms. The number of benzene rings is 1. The smallest absolute Gasteiger partial charge is 0.0234 e. The zero-order chi connectivity index (χ0) is 12.1. The number of nitrogens with one attached hydrogen (secondary N) is 1. The SMILES string of the molecule is CCc1ccc(CN2CCNC(C)CC2)cc1. The third-order valence-corrected chi connectivity index (χ3v) is 3.64. The lowest BCUT2D eigenvalue weighted by Gasteiger charge is -2.19. The Bertz CT molecular complexity index is 331. The number of aryl methyl sites for hydroxylation is 1. The molecule has 94 valence electrons. The van der Waals surface area contributed by atoms with Gasteiger partial charge >= 0.3 is 0 Å². The van der Waals surface area contributed by atoms with Crippen LogP contribution in [0.15, 0.2) is 24.3 Å². The molecule has 1 aliphatic rings. The van der Waals surface area contributed by atoms with Gasteiger partial charge in [-0.15, -0.1) is 0 Å². The van der Waals surface area contributed by atoms with Crippen LogP contribution in [-0.2, 0) is 13.0 Å². The molecule has 1 saturated heterocycles. The summed E-state index contributed by atoms with van der Waals surface area (Å²) >= 11 is 0. The van der Waals surface area contributed by atoms with Crippen LogP contribution in [0, 0.1) is 0 Å². The maximum absolute atomic E-state index is 3.54. The van der Waals surface area contributed by atoms with Gasteiger partial charge in [-0.2, -0.15) is 0 Å². The van der Waals surface area contributed by atoms with Crippen LogP contribution >= 0.6 is 0 Å². The fraction of sp³-hybridized carbons (Fsp3) is 0.600. The highest BCUT2D eigenvalue weighted by molar-refractivity contribution is 5.22. The number of nitrogens with zero attached hydrogens (tertiary/aromatic N) is 1. The first kappa shape index (κ1) is 12.6. The summed E-state index contributed by atoms with van der Waals surface area (Å²) in [6, 6.07) is 9.74. The molecule has 1 aliphatic heterocycles. The normalized spacial score (nSPS) is 22.4. The average Bonchev–Trinajstić information content (AvgIpc) is 2.56. The second-order valence-electron chi connectivity index (χ2n) is 5.09. The fourth-order valence-electron chi connectivity index (χ4n) is 2.36. The van der Waals surface area contributed by atoms with E-state index in [9.17, 15) is 0 Å². The molecule has 0 amide bonds.